The molecule has 1 aromatic carbocycles. The van der Waals surface area contributed by atoms with E-state index in [4.69, 9.17) is 0 Å². The van der Waals surface area contributed by atoms with E-state index in [0.29, 0.717) is 0 Å². The van der Waals surface area contributed by atoms with Crippen molar-refractivity contribution in [2.75, 3.05) is 0 Å². The fraction of sp³-hybridized carbons (Fsp3) is 0.385. The number of amides is 1. The third-order valence-corrected chi connectivity index (χ3v) is 7.16. The molecule has 2 N–H and O–H groups in total. The standard InChI is InChI=1S/C26H29N5O/c1-6-26(18-9-7-8-17(12-18)19-10-11-27-16(3)15(19)2)20-14-28-31-23(20)29-21-13-25(4,5)30-24(32)22(21)26/h7-12,14,23,29H,6,13H2,1-5H3,(H,30,32)/t23?,26-/m0/s1. The van der Waals surface area contributed by atoms with Gasteiger partial charge < -0.3 is 10.6 Å². The molecule has 0 saturated carbocycles. The van der Waals surface area contributed by atoms with Crippen LogP contribution in [0.1, 0.15) is 50.4 Å². The number of aromatic nitrogens is 1. The van der Waals surface area contributed by atoms with E-state index in [9.17, 15) is 4.79 Å². The average molecular weight is 428 g/mol. The Morgan fingerprint density at radius 1 is 1.19 bits per heavy atom. The summed E-state index contributed by atoms with van der Waals surface area (Å²) >= 11 is 0. The van der Waals surface area contributed by atoms with Crippen molar-refractivity contribution >= 4 is 5.91 Å². The number of fused-ring (bicyclic) bond motifs is 1. The summed E-state index contributed by atoms with van der Waals surface area (Å²) in [5.41, 5.74) is 7.49. The SMILES string of the molecule is CC[C@]1(c2cccc(-c3ccnc(C)c3C)c2)C2=CN=NC2NC2=C1C(=O)NC(C)(C)C2. The molecule has 2 aromatic rings. The molecule has 164 valence electrons. The quantitative estimate of drug-likeness (QED) is 0.735. The zero-order valence-electron chi connectivity index (χ0n) is 19.3. The lowest BCUT2D eigenvalue weighted by Gasteiger charge is -2.48. The minimum Gasteiger partial charge on any atom is -0.362 e. The van der Waals surface area contributed by atoms with Crippen LogP contribution in [-0.4, -0.2) is 22.6 Å². The molecule has 0 bridgehead atoms. The largest absolute Gasteiger partial charge is 0.362 e. The van der Waals surface area contributed by atoms with Gasteiger partial charge in [-0.25, -0.2) is 0 Å². The summed E-state index contributed by atoms with van der Waals surface area (Å²) in [5.74, 6) is -0.0156. The predicted molar refractivity (Wildman–Crippen MR) is 125 cm³/mol. The number of rotatable bonds is 3. The molecule has 1 unspecified atom stereocenters. The van der Waals surface area contributed by atoms with Crippen molar-refractivity contribution in [1.82, 2.24) is 15.6 Å². The molecular weight excluding hydrogens is 398 g/mol. The molecule has 0 aliphatic carbocycles. The maximum Gasteiger partial charge on any atom is 0.250 e. The van der Waals surface area contributed by atoms with E-state index < -0.39 is 5.41 Å². The van der Waals surface area contributed by atoms with Crippen molar-refractivity contribution < 1.29 is 4.79 Å². The Bertz CT molecular complexity index is 1220. The number of azo groups is 1. The summed E-state index contributed by atoms with van der Waals surface area (Å²) in [6.45, 7) is 10.4. The fourth-order valence-corrected chi connectivity index (χ4v) is 5.51. The molecule has 3 aliphatic rings. The Labute approximate surface area is 188 Å². The first-order valence-electron chi connectivity index (χ1n) is 11.2. The summed E-state index contributed by atoms with van der Waals surface area (Å²) in [6, 6.07) is 10.6. The van der Waals surface area contributed by atoms with Gasteiger partial charge in [-0.05, 0) is 68.5 Å². The van der Waals surface area contributed by atoms with Gasteiger partial charge in [0.25, 0.3) is 5.91 Å². The van der Waals surface area contributed by atoms with Crippen molar-refractivity contribution in [3.63, 3.8) is 0 Å². The van der Waals surface area contributed by atoms with Crippen molar-refractivity contribution in [3.8, 4) is 11.1 Å². The van der Waals surface area contributed by atoms with E-state index >= 15 is 0 Å². The molecule has 1 aromatic heterocycles. The summed E-state index contributed by atoms with van der Waals surface area (Å²) in [5, 5.41) is 15.4. The predicted octanol–water partition coefficient (Wildman–Crippen LogP) is 4.84. The summed E-state index contributed by atoms with van der Waals surface area (Å²) in [4.78, 5) is 18.0. The third-order valence-electron chi connectivity index (χ3n) is 7.16. The second-order valence-electron chi connectivity index (χ2n) is 9.64. The highest BCUT2D eigenvalue weighted by atomic mass is 16.2. The van der Waals surface area contributed by atoms with Gasteiger partial charge in [0.1, 0.15) is 0 Å². The molecule has 4 heterocycles. The first-order valence-corrected chi connectivity index (χ1v) is 11.2. The minimum absolute atomic E-state index is 0.0156. The van der Waals surface area contributed by atoms with Crippen molar-refractivity contribution in [2.24, 2.45) is 10.2 Å². The number of nitrogens with zero attached hydrogens (tertiary/aromatic N) is 3. The molecule has 6 nitrogen and oxygen atoms in total. The number of carbonyl (C=O) groups excluding carboxylic acids is 1. The van der Waals surface area contributed by atoms with Gasteiger partial charge in [0.05, 0.1) is 17.2 Å². The van der Waals surface area contributed by atoms with Crippen LogP contribution in [-0.2, 0) is 10.2 Å². The number of pyridine rings is 1. The number of hydrogen-bond acceptors (Lipinski definition) is 5. The summed E-state index contributed by atoms with van der Waals surface area (Å²) in [6.07, 6.45) is 4.94. The van der Waals surface area contributed by atoms with E-state index in [-0.39, 0.29) is 17.6 Å². The maximum atomic E-state index is 13.5. The van der Waals surface area contributed by atoms with Gasteiger partial charge in [-0.15, -0.1) is 0 Å². The zero-order valence-corrected chi connectivity index (χ0v) is 19.3. The second-order valence-corrected chi connectivity index (χ2v) is 9.64. The van der Waals surface area contributed by atoms with Gasteiger partial charge in [0.15, 0.2) is 6.17 Å². The molecule has 1 amide bonds. The number of carbonyl (C=O) groups is 1. The van der Waals surface area contributed by atoms with Crippen LogP contribution in [0.2, 0.25) is 0 Å². The highest BCUT2D eigenvalue weighted by Crippen LogP contribution is 2.51. The molecular formula is C26H29N5O. The molecule has 0 spiro atoms. The number of nitrogens with one attached hydrogen (secondary N) is 2. The monoisotopic (exact) mass is 427 g/mol. The van der Waals surface area contributed by atoms with Crippen molar-refractivity contribution in [1.29, 1.82) is 0 Å². The van der Waals surface area contributed by atoms with Crippen LogP contribution in [0.15, 0.2) is 69.8 Å². The smallest absolute Gasteiger partial charge is 0.250 e. The van der Waals surface area contributed by atoms with E-state index in [1.165, 1.54) is 5.56 Å². The number of aryl methyl sites for hydroxylation is 1. The third kappa shape index (κ3) is 2.93. The highest BCUT2D eigenvalue weighted by Gasteiger charge is 2.53. The Hall–Kier alpha value is -3.28. The molecule has 5 rings (SSSR count). The van der Waals surface area contributed by atoms with Gasteiger partial charge in [0.2, 0.25) is 0 Å². The Morgan fingerprint density at radius 2 is 2.00 bits per heavy atom. The van der Waals surface area contributed by atoms with E-state index in [1.807, 2.05) is 19.3 Å². The number of hydrogen-bond donors (Lipinski definition) is 2. The molecule has 32 heavy (non-hydrogen) atoms. The highest BCUT2D eigenvalue weighted by molar-refractivity contribution is 6.00. The Morgan fingerprint density at radius 3 is 2.78 bits per heavy atom. The topological polar surface area (TPSA) is 78.7 Å². The van der Waals surface area contributed by atoms with Crippen LogP contribution in [0.25, 0.3) is 11.1 Å². The Balaban J connectivity index is 1.75. The van der Waals surface area contributed by atoms with E-state index in [1.54, 1.807) is 0 Å². The molecule has 2 atom stereocenters. The minimum atomic E-state index is -0.582. The van der Waals surface area contributed by atoms with Crippen LogP contribution in [0.3, 0.4) is 0 Å². The normalized spacial score (nSPS) is 25.6. The van der Waals surface area contributed by atoms with Crippen LogP contribution in [0.4, 0.5) is 0 Å². The lowest BCUT2D eigenvalue weighted by molar-refractivity contribution is -0.120. The van der Waals surface area contributed by atoms with Gasteiger partial charge >= 0.3 is 0 Å². The van der Waals surface area contributed by atoms with Crippen LogP contribution in [0, 0.1) is 13.8 Å². The average Bonchev–Trinajstić information content (AvgIpc) is 3.22. The molecule has 6 heteroatoms. The van der Waals surface area contributed by atoms with Gasteiger partial charge in [-0.1, -0.05) is 25.1 Å². The van der Waals surface area contributed by atoms with Crippen molar-refractivity contribution in [2.45, 2.75) is 64.6 Å². The van der Waals surface area contributed by atoms with Gasteiger partial charge in [-0.3, -0.25) is 9.78 Å². The Kier molecular flexibility index (Phi) is 4.59. The van der Waals surface area contributed by atoms with Crippen LogP contribution >= 0.6 is 0 Å². The molecule has 0 fully saturated rings. The first-order chi connectivity index (χ1) is 15.3. The molecule has 0 radical (unpaired) electrons. The second kappa shape index (κ2) is 7.12. The lowest BCUT2D eigenvalue weighted by atomic mass is 9.62. The first kappa shape index (κ1) is 20.6. The van der Waals surface area contributed by atoms with E-state index in [2.05, 4.69) is 83.9 Å². The maximum absolute atomic E-state index is 13.5. The van der Waals surface area contributed by atoms with Gasteiger partial charge in [0, 0.05) is 35.1 Å². The van der Waals surface area contributed by atoms with Gasteiger partial charge in [-0.2, -0.15) is 10.2 Å². The fourth-order valence-electron chi connectivity index (χ4n) is 5.51. The number of benzene rings is 1. The summed E-state index contributed by atoms with van der Waals surface area (Å²) in [7, 11) is 0. The van der Waals surface area contributed by atoms with Crippen molar-refractivity contribution in [3.05, 3.63) is 76.4 Å². The van der Waals surface area contributed by atoms with Crippen LogP contribution in [0.5, 0.6) is 0 Å². The van der Waals surface area contributed by atoms with Crippen LogP contribution < -0.4 is 10.6 Å². The zero-order chi connectivity index (χ0) is 22.7. The lowest BCUT2D eigenvalue weighted by Crippen LogP contribution is -2.58. The summed E-state index contributed by atoms with van der Waals surface area (Å²) < 4.78 is 0. The van der Waals surface area contributed by atoms with E-state index in [0.717, 1.165) is 52.1 Å². The molecule has 0 saturated heterocycles. The molecule has 3 aliphatic heterocycles.